The molecule has 1 fully saturated rings. The van der Waals surface area contributed by atoms with Gasteiger partial charge in [-0.1, -0.05) is 19.1 Å². The molecule has 3 amide bonds. The number of ether oxygens (including phenoxy) is 2. The highest BCUT2D eigenvalue weighted by Gasteiger charge is 2.32. The van der Waals surface area contributed by atoms with Crippen molar-refractivity contribution in [2.24, 2.45) is 0 Å². The first-order chi connectivity index (χ1) is 11.2. The second-order valence-corrected chi connectivity index (χ2v) is 5.69. The fraction of sp³-hybridized carbons (Fsp3) is 0.500. The van der Waals surface area contributed by atoms with E-state index >= 15 is 0 Å². The van der Waals surface area contributed by atoms with Crippen LogP contribution in [0.3, 0.4) is 0 Å². The van der Waals surface area contributed by atoms with Crippen molar-refractivity contribution in [1.82, 2.24) is 15.5 Å². The average Bonchev–Trinajstić information content (AvgIpc) is 3.00. The van der Waals surface area contributed by atoms with Crippen molar-refractivity contribution >= 4 is 11.9 Å². The molecule has 23 heavy (non-hydrogen) atoms. The normalized spacial score (nSPS) is 22.2. The number of hydrogen-bond acceptors (Lipinski definition) is 4. The van der Waals surface area contributed by atoms with Crippen LogP contribution in [-0.2, 0) is 4.79 Å². The maximum atomic E-state index is 12.6. The quantitative estimate of drug-likeness (QED) is 0.839. The van der Waals surface area contributed by atoms with Crippen LogP contribution in [0.1, 0.15) is 13.3 Å². The Balaban J connectivity index is 1.63. The van der Waals surface area contributed by atoms with E-state index in [1.807, 2.05) is 31.2 Å². The van der Waals surface area contributed by atoms with Gasteiger partial charge in [0.1, 0.15) is 12.6 Å². The largest absolute Gasteiger partial charge is 0.486 e. The van der Waals surface area contributed by atoms with E-state index in [2.05, 4.69) is 10.6 Å². The van der Waals surface area contributed by atoms with Gasteiger partial charge in [0.05, 0.1) is 6.54 Å². The number of hydrogen-bond donors (Lipinski definition) is 2. The lowest BCUT2D eigenvalue weighted by Gasteiger charge is -2.32. The van der Waals surface area contributed by atoms with Crippen LogP contribution < -0.4 is 20.1 Å². The monoisotopic (exact) mass is 319 g/mol. The van der Waals surface area contributed by atoms with E-state index < -0.39 is 6.04 Å². The van der Waals surface area contributed by atoms with E-state index in [1.165, 1.54) is 0 Å². The molecule has 7 heteroatoms. The third-order valence-corrected chi connectivity index (χ3v) is 3.87. The molecular weight excluding hydrogens is 298 g/mol. The summed E-state index contributed by atoms with van der Waals surface area (Å²) in [6, 6.07) is 6.69. The van der Waals surface area contributed by atoms with Crippen molar-refractivity contribution < 1.29 is 19.1 Å². The van der Waals surface area contributed by atoms with E-state index in [-0.39, 0.29) is 18.0 Å². The molecule has 0 spiro atoms. The molecule has 0 saturated carbocycles. The number of fused-ring (bicyclic) bond motifs is 1. The Bertz CT molecular complexity index is 592. The molecule has 2 atom stereocenters. The van der Waals surface area contributed by atoms with Crippen LogP contribution >= 0.6 is 0 Å². The molecule has 0 unspecified atom stereocenters. The number of benzene rings is 1. The molecule has 0 aliphatic carbocycles. The third kappa shape index (κ3) is 3.49. The van der Waals surface area contributed by atoms with Crippen molar-refractivity contribution in [3.05, 3.63) is 24.3 Å². The van der Waals surface area contributed by atoms with E-state index in [9.17, 15) is 9.59 Å². The summed E-state index contributed by atoms with van der Waals surface area (Å²) in [7, 11) is 0. The molecule has 2 N–H and O–H groups in total. The predicted octanol–water partition coefficient (Wildman–Crippen LogP) is 0.746. The minimum Gasteiger partial charge on any atom is -0.486 e. The van der Waals surface area contributed by atoms with Gasteiger partial charge in [0.15, 0.2) is 17.6 Å². The molecular formula is C16H21N3O4. The van der Waals surface area contributed by atoms with Crippen molar-refractivity contribution in [3.63, 3.8) is 0 Å². The highest BCUT2D eigenvalue weighted by molar-refractivity contribution is 5.90. The minimum atomic E-state index is -0.508. The van der Waals surface area contributed by atoms with Crippen molar-refractivity contribution in [2.75, 3.05) is 26.2 Å². The van der Waals surface area contributed by atoms with Crippen molar-refractivity contribution in [2.45, 2.75) is 25.5 Å². The Labute approximate surface area is 134 Å². The van der Waals surface area contributed by atoms with Gasteiger partial charge in [-0.3, -0.25) is 4.79 Å². The van der Waals surface area contributed by atoms with E-state index in [1.54, 1.807) is 4.90 Å². The third-order valence-electron chi connectivity index (χ3n) is 3.87. The summed E-state index contributed by atoms with van der Waals surface area (Å²) in [6.45, 7) is 3.79. The standard InChI is InChI=1S/C16H21N3O4/c1-2-7-19(15(20)12-8-17-16(21)18-12)9-11-10-22-13-5-3-4-6-14(13)23-11/h3-6,11-12H,2,7-10H2,1H3,(H2,17,18,21)/t11-,12+/m1/s1. The van der Waals surface area contributed by atoms with Gasteiger partial charge in [-0.15, -0.1) is 0 Å². The Kier molecular flexibility index (Phi) is 4.55. The topological polar surface area (TPSA) is 79.9 Å². The smallest absolute Gasteiger partial charge is 0.315 e. The highest BCUT2D eigenvalue weighted by Crippen LogP contribution is 2.31. The van der Waals surface area contributed by atoms with Crippen LogP contribution in [0.25, 0.3) is 0 Å². The Morgan fingerprint density at radius 3 is 2.83 bits per heavy atom. The molecule has 3 rings (SSSR count). The summed E-state index contributed by atoms with van der Waals surface area (Å²) in [5, 5.41) is 5.24. The first-order valence-corrected chi connectivity index (χ1v) is 7.89. The van der Waals surface area contributed by atoms with Gasteiger partial charge in [-0.05, 0) is 18.6 Å². The summed E-state index contributed by atoms with van der Waals surface area (Å²) in [4.78, 5) is 25.5. The zero-order valence-corrected chi connectivity index (χ0v) is 13.1. The summed E-state index contributed by atoms with van der Waals surface area (Å²) in [6.07, 6.45) is 0.620. The summed E-state index contributed by atoms with van der Waals surface area (Å²) in [5.74, 6) is 1.33. The lowest BCUT2D eigenvalue weighted by Crippen LogP contribution is -2.50. The maximum Gasteiger partial charge on any atom is 0.315 e. The number of rotatable bonds is 5. The Hall–Kier alpha value is -2.44. The van der Waals surface area contributed by atoms with Crippen LogP contribution in [0.15, 0.2) is 24.3 Å². The number of para-hydroxylation sites is 2. The number of nitrogens with zero attached hydrogens (tertiary/aromatic N) is 1. The zero-order chi connectivity index (χ0) is 16.2. The lowest BCUT2D eigenvalue weighted by atomic mass is 10.2. The van der Waals surface area contributed by atoms with E-state index in [0.717, 1.165) is 12.2 Å². The molecule has 124 valence electrons. The molecule has 0 radical (unpaired) electrons. The number of urea groups is 1. The second-order valence-electron chi connectivity index (χ2n) is 5.69. The summed E-state index contributed by atoms with van der Waals surface area (Å²) < 4.78 is 11.6. The fourth-order valence-electron chi connectivity index (χ4n) is 2.78. The van der Waals surface area contributed by atoms with Gasteiger partial charge in [-0.25, -0.2) is 4.79 Å². The van der Waals surface area contributed by atoms with Crippen LogP contribution in [0.5, 0.6) is 11.5 Å². The Morgan fingerprint density at radius 2 is 2.13 bits per heavy atom. The average molecular weight is 319 g/mol. The maximum absolute atomic E-state index is 12.6. The molecule has 2 heterocycles. The van der Waals surface area contributed by atoms with Gasteiger partial charge in [0.25, 0.3) is 0 Å². The molecule has 0 bridgehead atoms. The SMILES string of the molecule is CCCN(C[C@@H]1COc2ccccc2O1)C(=O)[C@@H]1CNC(=O)N1. The molecule has 1 aromatic carbocycles. The van der Waals surface area contributed by atoms with Crippen LogP contribution in [0.2, 0.25) is 0 Å². The first kappa shape index (κ1) is 15.5. The van der Waals surface area contributed by atoms with E-state index in [0.29, 0.717) is 32.0 Å². The van der Waals surface area contributed by atoms with Crippen molar-refractivity contribution in [3.8, 4) is 11.5 Å². The molecule has 2 aliphatic rings. The van der Waals surface area contributed by atoms with Gasteiger partial charge in [0.2, 0.25) is 5.91 Å². The fourth-order valence-corrected chi connectivity index (χ4v) is 2.78. The van der Waals surface area contributed by atoms with Crippen LogP contribution in [0.4, 0.5) is 4.79 Å². The first-order valence-electron chi connectivity index (χ1n) is 7.89. The second kappa shape index (κ2) is 6.76. The Morgan fingerprint density at radius 1 is 1.35 bits per heavy atom. The number of nitrogens with one attached hydrogen (secondary N) is 2. The molecule has 1 aromatic rings. The molecule has 1 saturated heterocycles. The highest BCUT2D eigenvalue weighted by atomic mass is 16.6. The van der Waals surface area contributed by atoms with Gasteiger partial charge >= 0.3 is 6.03 Å². The van der Waals surface area contributed by atoms with Crippen molar-refractivity contribution in [1.29, 1.82) is 0 Å². The van der Waals surface area contributed by atoms with Gasteiger partial charge < -0.3 is 25.0 Å². The number of carbonyl (C=O) groups is 2. The molecule has 2 aliphatic heterocycles. The summed E-state index contributed by atoms with van der Waals surface area (Å²) in [5.41, 5.74) is 0. The number of amides is 3. The van der Waals surface area contributed by atoms with Gasteiger partial charge in [-0.2, -0.15) is 0 Å². The van der Waals surface area contributed by atoms with Crippen LogP contribution in [-0.4, -0.2) is 55.2 Å². The van der Waals surface area contributed by atoms with Gasteiger partial charge in [0, 0.05) is 13.1 Å². The zero-order valence-electron chi connectivity index (χ0n) is 13.1. The lowest BCUT2D eigenvalue weighted by molar-refractivity contribution is -0.134. The molecule has 7 nitrogen and oxygen atoms in total. The van der Waals surface area contributed by atoms with E-state index in [4.69, 9.17) is 9.47 Å². The molecule has 0 aromatic heterocycles. The predicted molar refractivity (Wildman–Crippen MR) is 83.5 cm³/mol. The van der Waals surface area contributed by atoms with Crippen LogP contribution in [0, 0.1) is 0 Å². The number of carbonyl (C=O) groups excluding carboxylic acids is 2. The summed E-state index contributed by atoms with van der Waals surface area (Å²) >= 11 is 0. The minimum absolute atomic E-state index is 0.0901.